The largest absolute Gasteiger partial charge is 0.478 e. The molecular weight excluding hydrogens is 500 g/mol. The fourth-order valence-electron chi connectivity index (χ4n) is 4.94. The third-order valence-electron chi connectivity index (χ3n) is 7.07. The van der Waals surface area contributed by atoms with Crippen molar-refractivity contribution in [1.82, 2.24) is 5.32 Å². The molecule has 0 aromatic heterocycles. The third-order valence-corrected chi connectivity index (χ3v) is 7.07. The van der Waals surface area contributed by atoms with Crippen molar-refractivity contribution in [3.8, 4) is 0 Å². The van der Waals surface area contributed by atoms with Crippen molar-refractivity contribution in [1.29, 1.82) is 0 Å². The van der Waals surface area contributed by atoms with Crippen LogP contribution in [0.3, 0.4) is 0 Å². The van der Waals surface area contributed by atoms with Crippen LogP contribution in [0.5, 0.6) is 0 Å². The molecule has 0 saturated heterocycles. The Balaban J connectivity index is 1.50. The number of carboxylic acids is 1. The summed E-state index contributed by atoms with van der Waals surface area (Å²) in [6.07, 6.45) is 20.9. The standard InChI is InChI=1S/C33H38N4O3/c1-2-19-34-28-15-8-9-16-29(22-28)37-32(38)25-12-10-11-24(20-25)23-35-31-21-26(33(39)40)17-18-30(31)36-27-13-6-4-3-5-7-14-27/h2,8-12,16-21,23,27,36H,3-7,13-15,22H2,1H3,(H,37,38)(H,39,40)/b19-2-,34-28?,35-23?. The quantitative estimate of drug-likeness (QED) is 0.301. The van der Waals surface area contributed by atoms with Crippen molar-refractivity contribution in [2.24, 2.45) is 9.98 Å². The molecule has 0 unspecified atom stereocenters. The lowest BCUT2D eigenvalue weighted by Crippen LogP contribution is -2.24. The minimum atomic E-state index is -0.991. The van der Waals surface area contributed by atoms with Crippen LogP contribution in [-0.4, -0.2) is 35.0 Å². The van der Waals surface area contributed by atoms with E-state index < -0.39 is 5.97 Å². The van der Waals surface area contributed by atoms with Gasteiger partial charge < -0.3 is 15.7 Å². The van der Waals surface area contributed by atoms with Crippen LogP contribution in [0.4, 0.5) is 11.4 Å². The van der Waals surface area contributed by atoms with Gasteiger partial charge in [0.2, 0.25) is 0 Å². The molecule has 2 aliphatic carbocycles. The molecule has 2 aliphatic rings. The number of hydrogen-bond donors (Lipinski definition) is 3. The Kier molecular flexibility index (Phi) is 10.6. The number of allylic oxidation sites excluding steroid dienone is 5. The zero-order chi connectivity index (χ0) is 28.2. The highest BCUT2D eigenvalue weighted by Crippen LogP contribution is 2.30. The van der Waals surface area contributed by atoms with E-state index in [1.807, 2.05) is 49.4 Å². The topological polar surface area (TPSA) is 103 Å². The summed E-state index contributed by atoms with van der Waals surface area (Å²) in [4.78, 5) is 33.9. The molecule has 0 aliphatic heterocycles. The summed E-state index contributed by atoms with van der Waals surface area (Å²) in [7, 11) is 0. The van der Waals surface area contributed by atoms with E-state index in [4.69, 9.17) is 0 Å². The SMILES string of the molecule is C/C=C\N=C1CC=CC=C(NC(=O)c2cccc(C=Nc3cc(C(=O)O)ccc3NC3CCCCCCC3)c2)C1. The van der Waals surface area contributed by atoms with Crippen molar-refractivity contribution in [3.05, 3.63) is 95.4 Å². The van der Waals surface area contributed by atoms with Gasteiger partial charge >= 0.3 is 5.97 Å². The van der Waals surface area contributed by atoms with Crippen LogP contribution < -0.4 is 10.6 Å². The van der Waals surface area contributed by atoms with Gasteiger partial charge in [-0.25, -0.2) is 4.79 Å². The molecule has 3 N–H and O–H groups in total. The zero-order valence-electron chi connectivity index (χ0n) is 23.1. The minimum Gasteiger partial charge on any atom is -0.478 e. The van der Waals surface area contributed by atoms with Crippen LogP contribution >= 0.6 is 0 Å². The summed E-state index contributed by atoms with van der Waals surface area (Å²) in [5.41, 5.74) is 4.60. The maximum absolute atomic E-state index is 13.1. The lowest BCUT2D eigenvalue weighted by Gasteiger charge is -2.23. The highest BCUT2D eigenvalue weighted by Gasteiger charge is 2.15. The summed E-state index contributed by atoms with van der Waals surface area (Å²) < 4.78 is 0. The fourth-order valence-corrected chi connectivity index (χ4v) is 4.94. The van der Waals surface area contributed by atoms with E-state index in [0.717, 1.165) is 41.9 Å². The normalized spacial score (nSPS) is 17.8. The van der Waals surface area contributed by atoms with E-state index in [1.165, 1.54) is 32.1 Å². The van der Waals surface area contributed by atoms with Crippen LogP contribution in [0.15, 0.2) is 88.7 Å². The third kappa shape index (κ3) is 8.63. The Hall–Kier alpha value is -4.26. The fraction of sp³-hybridized carbons (Fsp3) is 0.333. The highest BCUT2D eigenvalue weighted by molar-refractivity contribution is 5.99. The summed E-state index contributed by atoms with van der Waals surface area (Å²) >= 11 is 0. The van der Waals surface area contributed by atoms with E-state index >= 15 is 0 Å². The summed E-state index contributed by atoms with van der Waals surface area (Å²) in [6.45, 7) is 1.92. The van der Waals surface area contributed by atoms with Gasteiger partial charge in [0.15, 0.2) is 0 Å². The van der Waals surface area contributed by atoms with Gasteiger partial charge in [0.05, 0.1) is 16.9 Å². The molecule has 0 radical (unpaired) electrons. The summed E-state index contributed by atoms with van der Waals surface area (Å²) in [5, 5.41) is 16.2. The van der Waals surface area contributed by atoms with E-state index in [1.54, 1.807) is 36.7 Å². The molecule has 7 heteroatoms. The average Bonchev–Trinajstić information content (AvgIpc) is 3.17. The number of aromatic carboxylic acids is 1. The smallest absolute Gasteiger partial charge is 0.335 e. The molecule has 1 amide bonds. The number of nitrogens with one attached hydrogen (secondary N) is 2. The molecule has 0 bridgehead atoms. The molecule has 2 aromatic carbocycles. The molecule has 2 aromatic rings. The van der Waals surface area contributed by atoms with E-state index in [9.17, 15) is 14.7 Å². The molecule has 208 valence electrons. The number of nitrogens with zero attached hydrogens (tertiary/aromatic N) is 2. The van der Waals surface area contributed by atoms with Crippen molar-refractivity contribution in [2.45, 2.75) is 70.8 Å². The van der Waals surface area contributed by atoms with Gasteiger partial charge in [0.1, 0.15) is 0 Å². The number of rotatable bonds is 8. The van der Waals surface area contributed by atoms with E-state index in [0.29, 0.717) is 23.7 Å². The molecule has 1 saturated carbocycles. The molecule has 0 atom stereocenters. The summed E-state index contributed by atoms with van der Waals surface area (Å²) in [5.74, 6) is -1.20. The Morgan fingerprint density at radius 2 is 1.80 bits per heavy atom. The number of aliphatic imine (C=N–C) groups is 2. The number of anilines is 1. The van der Waals surface area contributed by atoms with Crippen LogP contribution in [0.1, 0.15) is 91.0 Å². The van der Waals surface area contributed by atoms with Crippen molar-refractivity contribution in [2.75, 3.05) is 5.32 Å². The van der Waals surface area contributed by atoms with Crippen molar-refractivity contribution < 1.29 is 14.7 Å². The monoisotopic (exact) mass is 538 g/mol. The van der Waals surface area contributed by atoms with Gasteiger partial charge in [0, 0.05) is 48.3 Å². The molecule has 7 nitrogen and oxygen atoms in total. The second-order valence-electron chi connectivity index (χ2n) is 10.2. The first kappa shape index (κ1) is 28.7. The minimum absolute atomic E-state index is 0.187. The first-order valence-electron chi connectivity index (χ1n) is 14.1. The molecule has 40 heavy (non-hydrogen) atoms. The van der Waals surface area contributed by atoms with Gasteiger partial charge in [0.25, 0.3) is 5.91 Å². The number of amides is 1. The lowest BCUT2D eigenvalue weighted by molar-refractivity contribution is 0.0696. The molecule has 0 spiro atoms. The van der Waals surface area contributed by atoms with Crippen LogP contribution in [0, 0.1) is 0 Å². The Morgan fingerprint density at radius 1 is 1.00 bits per heavy atom. The number of carbonyl (C=O) groups is 2. The van der Waals surface area contributed by atoms with Gasteiger partial charge in [-0.15, -0.1) is 0 Å². The second-order valence-corrected chi connectivity index (χ2v) is 10.2. The Morgan fingerprint density at radius 3 is 2.58 bits per heavy atom. The lowest BCUT2D eigenvalue weighted by atomic mass is 9.96. The zero-order valence-corrected chi connectivity index (χ0v) is 23.1. The van der Waals surface area contributed by atoms with Crippen LogP contribution in [0.2, 0.25) is 0 Å². The number of benzene rings is 2. The molecule has 4 rings (SSSR count). The maximum Gasteiger partial charge on any atom is 0.335 e. The second kappa shape index (κ2) is 14.8. The molecule has 0 heterocycles. The molecule has 1 fully saturated rings. The Bertz CT molecular complexity index is 1350. The van der Waals surface area contributed by atoms with Gasteiger partial charge in [-0.05, 0) is 61.7 Å². The van der Waals surface area contributed by atoms with E-state index in [-0.39, 0.29) is 11.5 Å². The first-order valence-corrected chi connectivity index (χ1v) is 14.1. The van der Waals surface area contributed by atoms with Crippen molar-refractivity contribution in [3.63, 3.8) is 0 Å². The van der Waals surface area contributed by atoms with Gasteiger partial charge in [-0.3, -0.25) is 14.8 Å². The predicted molar refractivity (Wildman–Crippen MR) is 163 cm³/mol. The molecular formula is C33H38N4O3. The van der Waals surface area contributed by atoms with Gasteiger partial charge in [-0.1, -0.05) is 62.5 Å². The first-order chi connectivity index (χ1) is 19.5. The number of carbonyl (C=O) groups excluding carboxylic acids is 1. The summed E-state index contributed by atoms with van der Waals surface area (Å²) in [6, 6.07) is 12.6. The Labute approximate surface area is 236 Å². The highest BCUT2D eigenvalue weighted by atomic mass is 16.4. The predicted octanol–water partition coefficient (Wildman–Crippen LogP) is 7.60. The average molecular weight is 539 g/mol. The maximum atomic E-state index is 13.1. The number of carboxylic acid groups (broad SMARTS) is 1. The van der Waals surface area contributed by atoms with Crippen LogP contribution in [-0.2, 0) is 0 Å². The van der Waals surface area contributed by atoms with E-state index in [2.05, 4.69) is 20.6 Å². The number of hydrogen-bond acceptors (Lipinski definition) is 5. The van der Waals surface area contributed by atoms with Crippen molar-refractivity contribution >= 4 is 35.2 Å². The van der Waals surface area contributed by atoms with Gasteiger partial charge in [-0.2, -0.15) is 0 Å². The van der Waals surface area contributed by atoms with Crippen LogP contribution in [0.25, 0.3) is 0 Å².